The van der Waals surface area contributed by atoms with E-state index < -0.39 is 4.92 Å². The number of aryl methyl sites for hydroxylation is 1. The smallest absolute Gasteiger partial charge is 0.269 e. The Kier molecular flexibility index (Phi) is 7.64. The number of carbonyl (C=O) groups excluding carboxylic acids is 1. The zero-order valence-corrected chi connectivity index (χ0v) is 17.8. The number of hydrazone groups is 1. The minimum absolute atomic E-state index is 0.0247. The van der Waals surface area contributed by atoms with E-state index in [0.29, 0.717) is 0 Å². The predicted molar refractivity (Wildman–Crippen MR) is 121 cm³/mol. The standard InChI is InChI=1S/C22H19N3O3S2/c1-16-2-8-20(9-3-16)30-21-10-4-17(5-11-21)14-23-24-22(26)15-29-19-12-6-18(7-13-19)25(27)28/h2-14H,15H2,1H3,(H,24,26)/b23-14-. The van der Waals surface area contributed by atoms with Crippen LogP contribution in [0.5, 0.6) is 0 Å². The fourth-order valence-electron chi connectivity index (χ4n) is 2.39. The zero-order chi connectivity index (χ0) is 21.3. The molecule has 0 spiro atoms. The van der Waals surface area contributed by atoms with Crippen molar-refractivity contribution in [2.45, 2.75) is 21.6 Å². The van der Waals surface area contributed by atoms with Gasteiger partial charge in [0.15, 0.2) is 0 Å². The first-order valence-corrected chi connectivity index (χ1v) is 10.8. The first-order chi connectivity index (χ1) is 14.5. The van der Waals surface area contributed by atoms with Crippen molar-refractivity contribution in [3.63, 3.8) is 0 Å². The number of hydrogen-bond donors (Lipinski definition) is 1. The molecule has 8 heteroatoms. The third-order valence-electron chi connectivity index (χ3n) is 3.96. The molecule has 3 rings (SSSR count). The molecule has 3 aromatic rings. The fourth-order valence-corrected chi connectivity index (χ4v) is 3.90. The number of nitrogens with zero attached hydrogens (tertiary/aromatic N) is 2. The number of nitro benzene ring substituents is 1. The second-order valence-electron chi connectivity index (χ2n) is 6.32. The summed E-state index contributed by atoms with van der Waals surface area (Å²) >= 11 is 2.97. The van der Waals surface area contributed by atoms with Crippen molar-refractivity contribution in [1.82, 2.24) is 5.43 Å². The van der Waals surface area contributed by atoms with E-state index in [2.05, 4.69) is 41.7 Å². The van der Waals surface area contributed by atoms with E-state index in [4.69, 9.17) is 0 Å². The van der Waals surface area contributed by atoms with Gasteiger partial charge in [0.25, 0.3) is 5.69 Å². The van der Waals surface area contributed by atoms with E-state index in [1.165, 1.54) is 34.4 Å². The number of non-ortho nitro benzene ring substituents is 1. The van der Waals surface area contributed by atoms with Crippen molar-refractivity contribution in [2.75, 3.05) is 5.75 Å². The lowest BCUT2D eigenvalue weighted by molar-refractivity contribution is -0.384. The van der Waals surface area contributed by atoms with Gasteiger partial charge in [-0.05, 0) is 48.9 Å². The van der Waals surface area contributed by atoms with Gasteiger partial charge in [0.05, 0.1) is 16.9 Å². The van der Waals surface area contributed by atoms with E-state index >= 15 is 0 Å². The molecule has 152 valence electrons. The first-order valence-electron chi connectivity index (χ1n) is 9.03. The van der Waals surface area contributed by atoms with E-state index in [9.17, 15) is 14.9 Å². The highest BCUT2D eigenvalue weighted by molar-refractivity contribution is 8.00. The summed E-state index contributed by atoms with van der Waals surface area (Å²) in [4.78, 5) is 25.2. The topological polar surface area (TPSA) is 84.6 Å². The second kappa shape index (κ2) is 10.6. The van der Waals surface area contributed by atoms with Gasteiger partial charge in [-0.1, -0.05) is 41.6 Å². The van der Waals surface area contributed by atoms with Crippen LogP contribution >= 0.6 is 23.5 Å². The Hall–Kier alpha value is -3.10. The van der Waals surface area contributed by atoms with Crippen LogP contribution in [0, 0.1) is 17.0 Å². The number of benzene rings is 3. The molecular weight excluding hydrogens is 418 g/mol. The van der Waals surface area contributed by atoms with Gasteiger partial charge in [-0.2, -0.15) is 5.10 Å². The summed E-state index contributed by atoms with van der Waals surface area (Å²) in [5.74, 6) is -0.0810. The number of carbonyl (C=O) groups is 1. The lowest BCUT2D eigenvalue weighted by atomic mass is 10.2. The fraction of sp³-hybridized carbons (Fsp3) is 0.0909. The molecule has 0 aliphatic heterocycles. The molecule has 0 atom stereocenters. The van der Waals surface area contributed by atoms with Gasteiger partial charge in [-0.15, -0.1) is 11.8 Å². The van der Waals surface area contributed by atoms with Crippen molar-refractivity contribution < 1.29 is 9.72 Å². The molecule has 1 N–H and O–H groups in total. The lowest BCUT2D eigenvalue weighted by Gasteiger charge is -2.03. The molecule has 0 aromatic heterocycles. The van der Waals surface area contributed by atoms with Crippen LogP contribution in [0.1, 0.15) is 11.1 Å². The molecule has 6 nitrogen and oxygen atoms in total. The molecule has 30 heavy (non-hydrogen) atoms. The molecule has 0 fully saturated rings. The van der Waals surface area contributed by atoms with Crippen LogP contribution in [0.4, 0.5) is 5.69 Å². The number of hydrogen-bond acceptors (Lipinski definition) is 6. The Balaban J connectivity index is 1.44. The van der Waals surface area contributed by atoms with Gasteiger partial charge < -0.3 is 0 Å². The Morgan fingerprint density at radius 2 is 1.53 bits per heavy atom. The largest absolute Gasteiger partial charge is 0.272 e. The summed E-state index contributed by atoms with van der Waals surface area (Å²) in [6.45, 7) is 2.07. The Morgan fingerprint density at radius 1 is 0.967 bits per heavy atom. The van der Waals surface area contributed by atoms with E-state index in [1.54, 1.807) is 30.1 Å². The van der Waals surface area contributed by atoms with E-state index in [-0.39, 0.29) is 17.3 Å². The summed E-state index contributed by atoms with van der Waals surface area (Å²) in [5.41, 5.74) is 4.63. The average Bonchev–Trinajstić information content (AvgIpc) is 2.75. The van der Waals surface area contributed by atoms with Crippen LogP contribution in [0.25, 0.3) is 0 Å². The van der Waals surface area contributed by atoms with Crippen molar-refractivity contribution >= 4 is 41.3 Å². The molecular formula is C22H19N3O3S2. The van der Waals surface area contributed by atoms with Gasteiger partial charge in [0, 0.05) is 26.8 Å². The molecule has 0 aliphatic carbocycles. The third-order valence-corrected chi connectivity index (χ3v) is 5.98. The number of nitro groups is 1. The Morgan fingerprint density at radius 3 is 2.13 bits per heavy atom. The van der Waals surface area contributed by atoms with E-state index in [1.807, 2.05) is 24.3 Å². The summed E-state index contributed by atoms with van der Waals surface area (Å²) in [7, 11) is 0. The summed E-state index contributed by atoms with van der Waals surface area (Å²) in [6, 6.07) is 22.4. The van der Waals surface area contributed by atoms with Crippen LogP contribution in [0.15, 0.2) is 92.6 Å². The average molecular weight is 438 g/mol. The molecule has 0 heterocycles. The highest BCUT2D eigenvalue weighted by atomic mass is 32.2. The van der Waals surface area contributed by atoms with Crippen LogP contribution < -0.4 is 5.43 Å². The molecule has 0 radical (unpaired) electrons. The maximum Gasteiger partial charge on any atom is 0.269 e. The molecule has 0 saturated heterocycles. The number of thioether (sulfide) groups is 1. The van der Waals surface area contributed by atoms with Gasteiger partial charge in [-0.3, -0.25) is 14.9 Å². The highest BCUT2D eigenvalue weighted by Gasteiger charge is 2.06. The number of rotatable bonds is 8. The van der Waals surface area contributed by atoms with E-state index in [0.717, 1.165) is 15.4 Å². The maximum atomic E-state index is 11.9. The van der Waals surface area contributed by atoms with Crippen LogP contribution in [0.2, 0.25) is 0 Å². The minimum atomic E-state index is -0.455. The monoisotopic (exact) mass is 437 g/mol. The predicted octanol–water partition coefficient (Wildman–Crippen LogP) is 5.30. The lowest BCUT2D eigenvalue weighted by Crippen LogP contribution is -2.19. The van der Waals surface area contributed by atoms with Crippen LogP contribution in [-0.4, -0.2) is 22.8 Å². The number of amides is 1. The van der Waals surface area contributed by atoms with Crippen molar-refractivity contribution in [1.29, 1.82) is 0 Å². The number of nitrogens with one attached hydrogen (secondary N) is 1. The summed E-state index contributed by atoms with van der Waals surface area (Å²) in [6.07, 6.45) is 1.59. The Labute approximate surface area is 182 Å². The zero-order valence-electron chi connectivity index (χ0n) is 16.1. The molecule has 3 aromatic carbocycles. The summed E-state index contributed by atoms with van der Waals surface area (Å²) in [5, 5.41) is 14.6. The van der Waals surface area contributed by atoms with Crippen LogP contribution in [0.3, 0.4) is 0 Å². The molecule has 1 amide bonds. The SMILES string of the molecule is Cc1ccc(Sc2ccc(/C=N\NC(=O)CSc3ccc([N+](=O)[O-])cc3)cc2)cc1. The molecule has 0 aliphatic rings. The van der Waals surface area contributed by atoms with Crippen molar-refractivity contribution in [3.8, 4) is 0 Å². The third kappa shape index (κ3) is 6.75. The van der Waals surface area contributed by atoms with Gasteiger partial charge in [0.1, 0.15) is 0 Å². The Bertz CT molecular complexity index is 1030. The van der Waals surface area contributed by atoms with Crippen LogP contribution in [-0.2, 0) is 4.79 Å². The summed E-state index contributed by atoms with van der Waals surface area (Å²) < 4.78 is 0. The molecule has 0 unspecified atom stereocenters. The quantitative estimate of drug-likeness (QED) is 0.224. The van der Waals surface area contributed by atoms with Gasteiger partial charge in [0.2, 0.25) is 5.91 Å². The highest BCUT2D eigenvalue weighted by Crippen LogP contribution is 2.27. The second-order valence-corrected chi connectivity index (χ2v) is 8.51. The normalized spacial score (nSPS) is 10.8. The van der Waals surface area contributed by atoms with Gasteiger partial charge in [-0.25, -0.2) is 5.43 Å². The van der Waals surface area contributed by atoms with Crippen molar-refractivity contribution in [3.05, 3.63) is 94.0 Å². The maximum absolute atomic E-state index is 11.9. The minimum Gasteiger partial charge on any atom is -0.272 e. The van der Waals surface area contributed by atoms with Crippen molar-refractivity contribution in [2.24, 2.45) is 5.10 Å². The van der Waals surface area contributed by atoms with Gasteiger partial charge >= 0.3 is 0 Å². The first kappa shape index (κ1) is 21.6. The molecule has 0 saturated carbocycles. The molecule has 0 bridgehead atoms.